The zero-order valence-electron chi connectivity index (χ0n) is 24.5. The van der Waals surface area contributed by atoms with Gasteiger partial charge in [-0.1, -0.05) is 6.92 Å². The molecule has 1 aromatic carbocycles. The minimum absolute atomic E-state index is 0.0968. The molecule has 4 heterocycles. The number of hydrogen-bond acceptors (Lipinski definition) is 9. The van der Waals surface area contributed by atoms with E-state index in [1.54, 1.807) is 30.1 Å². The molecule has 1 aliphatic rings. The van der Waals surface area contributed by atoms with E-state index in [1.807, 2.05) is 13.0 Å². The molecule has 1 aliphatic heterocycles. The Balaban J connectivity index is 0.00000148. The van der Waals surface area contributed by atoms with Gasteiger partial charge in [0.2, 0.25) is 0 Å². The lowest BCUT2D eigenvalue weighted by atomic mass is 9.90. The number of rotatable bonds is 8. The number of nitrogens with one attached hydrogen (secondary N) is 2. The number of aromatic nitrogens is 5. The van der Waals surface area contributed by atoms with Crippen LogP contribution in [0.15, 0.2) is 43.0 Å². The molecule has 0 saturated carbocycles. The van der Waals surface area contributed by atoms with E-state index in [0.29, 0.717) is 56.0 Å². The lowest BCUT2D eigenvalue weighted by molar-refractivity contribution is -0.141. The largest absolute Gasteiger partial charge is 0.483 e. The second kappa shape index (κ2) is 13.7. The molecule has 1 saturated heterocycles. The van der Waals surface area contributed by atoms with Crippen LogP contribution in [0.3, 0.4) is 0 Å². The van der Waals surface area contributed by atoms with Crippen molar-refractivity contribution in [2.75, 3.05) is 32.0 Å². The summed E-state index contributed by atoms with van der Waals surface area (Å²) in [4.78, 5) is 32.1. The van der Waals surface area contributed by atoms with Crippen molar-refractivity contribution in [1.29, 1.82) is 5.26 Å². The highest BCUT2D eigenvalue weighted by Gasteiger charge is 2.38. The number of alkyl halides is 3. The molecule has 0 bridgehead atoms. The number of hydrogen-bond donors (Lipinski definition) is 4. The first kappa shape index (κ1) is 32.9. The van der Waals surface area contributed by atoms with E-state index in [-0.39, 0.29) is 35.8 Å². The van der Waals surface area contributed by atoms with Gasteiger partial charge in [-0.25, -0.2) is 9.97 Å². The number of likely N-dealkylation sites (N-methyl/N-ethyl adjacent to an activating group) is 1. The molecule has 0 unspecified atom stereocenters. The number of aliphatic hydroxyl groups is 1. The third-order valence-electron chi connectivity index (χ3n) is 7.43. The first-order valence-electron chi connectivity index (χ1n) is 14.0. The third kappa shape index (κ3) is 7.21. The molecular formula is C29H32F3N9O4. The molecule has 0 aliphatic carbocycles. The third-order valence-corrected chi connectivity index (χ3v) is 7.43. The average Bonchev–Trinajstić information content (AvgIpc) is 3.63. The van der Waals surface area contributed by atoms with Gasteiger partial charge in [0.25, 0.3) is 12.4 Å². The van der Waals surface area contributed by atoms with Crippen LogP contribution >= 0.6 is 0 Å². The van der Waals surface area contributed by atoms with Crippen molar-refractivity contribution >= 4 is 29.5 Å². The van der Waals surface area contributed by atoms with Crippen LogP contribution in [0.4, 0.5) is 24.7 Å². The highest BCUT2D eigenvalue weighted by Crippen LogP contribution is 2.37. The average molecular weight is 628 g/mol. The first-order chi connectivity index (χ1) is 21.5. The number of carbonyl (C=O) groups is 2. The predicted molar refractivity (Wildman–Crippen MR) is 157 cm³/mol. The number of nitrogens with zero attached hydrogens (tertiary/aromatic N) is 7. The van der Waals surface area contributed by atoms with Gasteiger partial charge < -0.3 is 25.7 Å². The minimum atomic E-state index is -4.73. The molecule has 16 heteroatoms. The second-order valence-corrected chi connectivity index (χ2v) is 10.4. The van der Waals surface area contributed by atoms with Gasteiger partial charge in [-0.15, -0.1) is 0 Å². The summed E-state index contributed by atoms with van der Waals surface area (Å²) >= 11 is 0. The number of likely N-dealkylation sites (tertiary alicyclic amines) is 1. The van der Waals surface area contributed by atoms with Gasteiger partial charge in [-0.2, -0.15) is 23.5 Å². The van der Waals surface area contributed by atoms with E-state index in [9.17, 15) is 23.1 Å². The number of aryl methyl sites for hydroxylation is 1. The normalized spacial score (nSPS) is 14.4. The van der Waals surface area contributed by atoms with Gasteiger partial charge in [0.05, 0.1) is 29.1 Å². The van der Waals surface area contributed by atoms with Crippen LogP contribution in [0, 0.1) is 11.3 Å². The molecular weight excluding hydrogens is 595 g/mol. The van der Waals surface area contributed by atoms with Crippen molar-refractivity contribution < 1.29 is 33.0 Å². The fraction of sp³-hybridized carbons (Fsp3) is 0.379. The van der Waals surface area contributed by atoms with Gasteiger partial charge in [0.1, 0.15) is 6.54 Å². The fourth-order valence-corrected chi connectivity index (χ4v) is 5.29. The number of benzene rings is 1. The summed E-state index contributed by atoms with van der Waals surface area (Å²) < 4.78 is 43.7. The number of nitriles is 1. The summed E-state index contributed by atoms with van der Waals surface area (Å²) in [7, 11) is 1.79. The van der Waals surface area contributed by atoms with E-state index in [1.165, 1.54) is 29.2 Å². The van der Waals surface area contributed by atoms with Crippen LogP contribution in [0.1, 0.15) is 41.4 Å². The molecule has 5 rings (SSSR count). The standard InChI is InChI=1S/C28H30F3N9O2.CH2O2/c1-3-18-14-19(4-5-20(18)26(41)38-10-6-27(42,7-11-38)17-33-2)36-24-25-35-15-22(40(25)13-9-34-24)21-16-39(12-8-32)37-23(21)28(29,30)31;2-1-3/h4-5,9,13-16,33,42H,3,6-7,10-12,17H2,1-2H3,(H,34,36);1H,(H,2,3). The number of carboxylic acid groups (broad SMARTS) is 1. The molecule has 238 valence electrons. The van der Waals surface area contributed by atoms with Gasteiger partial charge >= 0.3 is 6.18 Å². The zero-order valence-corrected chi connectivity index (χ0v) is 24.5. The molecule has 0 radical (unpaired) electrons. The Hall–Kier alpha value is -5.01. The van der Waals surface area contributed by atoms with Crippen LogP contribution in [-0.2, 0) is 23.9 Å². The van der Waals surface area contributed by atoms with Crippen molar-refractivity contribution in [2.24, 2.45) is 0 Å². The Morgan fingerprint density at radius 1 is 1.24 bits per heavy atom. The monoisotopic (exact) mass is 627 g/mol. The molecule has 13 nitrogen and oxygen atoms in total. The number of carbonyl (C=O) groups excluding carboxylic acids is 1. The number of piperidine rings is 1. The lowest BCUT2D eigenvalue weighted by Crippen LogP contribution is -2.50. The SMILES string of the molecule is CCc1cc(Nc2nccn3c(-c4cn(CC#N)nc4C(F)(F)F)cnc23)ccc1C(=O)N1CCC(O)(CNC)CC1.O=CO. The zero-order chi connectivity index (χ0) is 32.8. The Labute approximate surface area is 255 Å². The number of amides is 1. The van der Waals surface area contributed by atoms with Crippen LogP contribution in [0.25, 0.3) is 16.9 Å². The van der Waals surface area contributed by atoms with Crippen molar-refractivity contribution in [3.63, 3.8) is 0 Å². The molecule has 4 N–H and O–H groups in total. The summed E-state index contributed by atoms with van der Waals surface area (Å²) in [5, 5.41) is 36.2. The first-order valence-corrected chi connectivity index (χ1v) is 14.0. The molecule has 0 atom stereocenters. The predicted octanol–water partition coefficient (Wildman–Crippen LogP) is 3.33. The van der Waals surface area contributed by atoms with E-state index in [0.717, 1.165) is 10.2 Å². The molecule has 1 amide bonds. The molecule has 45 heavy (non-hydrogen) atoms. The molecule has 1 fully saturated rings. The van der Waals surface area contributed by atoms with E-state index in [2.05, 4.69) is 25.7 Å². The van der Waals surface area contributed by atoms with Crippen LogP contribution in [-0.4, -0.2) is 83.9 Å². The van der Waals surface area contributed by atoms with Crippen molar-refractivity contribution in [3.05, 3.63) is 59.8 Å². The Bertz CT molecular complexity index is 1700. The Morgan fingerprint density at radius 2 is 1.96 bits per heavy atom. The smallest absolute Gasteiger partial charge is 0.435 e. The minimum Gasteiger partial charge on any atom is -0.483 e. The number of halogens is 3. The maximum Gasteiger partial charge on any atom is 0.435 e. The second-order valence-electron chi connectivity index (χ2n) is 10.4. The molecule has 4 aromatic rings. The lowest BCUT2D eigenvalue weighted by Gasteiger charge is -2.38. The maximum atomic E-state index is 13.8. The number of imidazole rings is 1. The van der Waals surface area contributed by atoms with Gasteiger partial charge in [-0.05, 0) is 50.1 Å². The van der Waals surface area contributed by atoms with Crippen molar-refractivity contribution in [2.45, 2.75) is 44.5 Å². The molecule has 0 spiro atoms. The highest BCUT2D eigenvalue weighted by atomic mass is 19.4. The summed E-state index contributed by atoms with van der Waals surface area (Å²) in [5.74, 6) is 0.211. The fourth-order valence-electron chi connectivity index (χ4n) is 5.29. The summed E-state index contributed by atoms with van der Waals surface area (Å²) in [6, 6.07) is 7.13. The van der Waals surface area contributed by atoms with Crippen molar-refractivity contribution in [1.82, 2.24) is 34.4 Å². The number of fused-ring (bicyclic) bond motifs is 1. The van der Waals surface area contributed by atoms with E-state index in [4.69, 9.17) is 15.2 Å². The maximum absolute atomic E-state index is 13.8. The van der Waals surface area contributed by atoms with E-state index >= 15 is 0 Å². The topological polar surface area (TPSA) is 174 Å². The quantitative estimate of drug-likeness (QED) is 0.212. The van der Waals surface area contributed by atoms with Gasteiger partial charge in [0.15, 0.2) is 17.2 Å². The van der Waals surface area contributed by atoms with Gasteiger partial charge in [-0.3, -0.25) is 18.7 Å². The van der Waals surface area contributed by atoms with Crippen LogP contribution in [0.5, 0.6) is 0 Å². The van der Waals surface area contributed by atoms with Crippen LogP contribution < -0.4 is 10.6 Å². The van der Waals surface area contributed by atoms with Crippen LogP contribution in [0.2, 0.25) is 0 Å². The summed E-state index contributed by atoms with van der Waals surface area (Å²) in [6.07, 6.45) is 2.27. The Kier molecular flexibility index (Phi) is 10.0. The van der Waals surface area contributed by atoms with Crippen molar-refractivity contribution in [3.8, 4) is 17.3 Å². The highest BCUT2D eigenvalue weighted by molar-refractivity contribution is 5.96. The Morgan fingerprint density at radius 3 is 2.58 bits per heavy atom. The van der Waals surface area contributed by atoms with E-state index < -0.39 is 17.5 Å². The van der Waals surface area contributed by atoms with Gasteiger partial charge in [0, 0.05) is 49.5 Å². The number of anilines is 2. The summed E-state index contributed by atoms with van der Waals surface area (Å²) in [5.41, 5.74) is 0.314. The summed E-state index contributed by atoms with van der Waals surface area (Å²) in [6.45, 7) is 2.76. The molecule has 3 aromatic heterocycles.